The second-order valence-corrected chi connectivity index (χ2v) is 7.52. The molecule has 1 N–H and O–H groups in total. The van der Waals surface area contributed by atoms with Crippen LogP contribution in [0.2, 0.25) is 0 Å². The molecule has 1 aromatic heterocycles. The first-order valence-electron chi connectivity index (χ1n) is 9.69. The van der Waals surface area contributed by atoms with Crippen LogP contribution in [-0.2, 0) is 23.1 Å². The van der Waals surface area contributed by atoms with Gasteiger partial charge in [-0.3, -0.25) is 9.48 Å². The maximum atomic E-state index is 13.2. The summed E-state index contributed by atoms with van der Waals surface area (Å²) >= 11 is 0. The van der Waals surface area contributed by atoms with Gasteiger partial charge in [-0.1, -0.05) is 12.8 Å². The fourth-order valence-corrected chi connectivity index (χ4v) is 4.24. The van der Waals surface area contributed by atoms with E-state index in [1.807, 2.05) is 35.9 Å². The highest BCUT2D eigenvalue weighted by Gasteiger charge is 2.34. The van der Waals surface area contributed by atoms with E-state index in [2.05, 4.69) is 10.4 Å². The smallest absolute Gasteiger partial charge is 0.227 e. The molecule has 25 heavy (non-hydrogen) atoms. The molecule has 0 spiro atoms. The topological polar surface area (TPSA) is 59.4 Å². The molecule has 2 fully saturated rings. The molecule has 6 heteroatoms. The number of hydrogen-bond acceptors (Lipinski definition) is 4. The summed E-state index contributed by atoms with van der Waals surface area (Å²) in [6.45, 7) is 3.04. The van der Waals surface area contributed by atoms with Crippen LogP contribution < -0.4 is 5.32 Å². The average Bonchev–Trinajstić information content (AvgIpc) is 3.30. The van der Waals surface area contributed by atoms with Crippen molar-refractivity contribution in [2.75, 3.05) is 26.8 Å². The highest BCUT2D eigenvalue weighted by molar-refractivity contribution is 5.79. The third-order valence-corrected chi connectivity index (χ3v) is 5.97. The molecular weight excluding hydrogens is 316 g/mol. The predicted molar refractivity (Wildman–Crippen MR) is 97.0 cm³/mol. The Balaban J connectivity index is 1.61. The van der Waals surface area contributed by atoms with Crippen molar-refractivity contribution < 1.29 is 9.53 Å². The third kappa shape index (κ3) is 4.61. The third-order valence-electron chi connectivity index (χ3n) is 5.97. The summed E-state index contributed by atoms with van der Waals surface area (Å²) in [5.74, 6) is 0.781. The molecule has 1 aliphatic heterocycles. The fraction of sp³-hybridized carbons (Fsp3) is 0.789. The molecule has 1 aromatic rings. The van der Waals surface area contributed by atoms with Crippen LogP contribution in [0.25, 0.3) is 0 Å². The first-order valence-corrected chi connectivity index (χ1v) is 9.69. The minimum Gasteiger partial charge on any atom is -0.381 e. The summed E-state index contributed by atoms with van der Waals surface area (Å²) in [5.41, 5.74) is 1.14. The van der Waals surface area contributed by atoms with Crippen LogP contribution in [-0.4, -0.2) is 53.4 Å². The quantitative estimate of drug-likeness (QED) is 0.818. The Morgan fingerprint density at radius 2 is 2.08 bits per heavy atom. The van der Waals surface area contributed by atoms with Gasteiger partial charge in [0.2, 0.25) is 5.91 Å². The van der Waals surface area contributed by atoms with E-state index in [0.29, 0.717) is 17.9 Å². The zero-order valence-electron chi connectivity index (χ0n) is 15.6. The summed E-state index contributed by atoms with van der Waals surface area (Å²) in [4.78, 5) is 15.3. The highest BCUT2D eigenvalue weighted by atomic mass is 16.5. The molecule has 3 rings (SSSR count). The van der Waals surface area contributed by atoms with Crippen LogP contribution in [0, 0.1) is 11.8 Å². The molecule has 2 heterocycles. The lowest BCUT2D eigenvalue weighted by Crippen LogP contribution is -2.46. The van der Waals surface area contributed by atoms with Gasteiger partial charge >= 0.3 is 0 Å². The van der Waals surface area contributed by atoms with Crippen LogP contribution in [0.15, 0.2) is 12.3 Å². The molecule has 1 atom stereocenters. The van der Waals surface area contributed by atoms with Crippen molar-refractivity contribution in [3.8, 4) is 0 Å². The van der Waals surface area contributed by atoms with Crippen LogP contribution in [0.4, 0.5) is 0 Å². The van der Waals surface area contributed by atoms with E-state index >= 15 is 0 Å². The number of ether oxygens (including phenoxy) is 1. The van der Waals surface area contributed by atoms with Gasteiger partial charge in [0.1, 0.15) is 0 Å². The van der Waals surface area contributed by atoms with Gasteiger partial charge in [0.05, 0.1) is 11.6 Å². The number of carbonyl (C=O) groups excluding carboxylic acids is 1. The summed E-state index contributed by atoms with van der Waals surface area (Å²) in [7, 11) is 3.96. The zero-order valence-corrected chi connectivity index (χ0v) is 15.6. The van der Waals surface area contributed by atoms with Crippen molar-refractivity contribution in [1.82, 2.24) is 20.0 Å². The average molecular weight is 348 g/mol. The van der Waals surface area contributed by atoms with Gasteiger partial charge < -0.3 is 15.0 Å². The van der Waals surface area contributed by atoms with Crippen LogP contribution in [0.3, 0.4) is 0 Å². The van der Waals surface area contributed by atoms with Crippen LogP contribution >= 0.6 is 0 Å². The lowest BCUT2D eigenvalue weighted by Gasteiger charge is -2.34. The maximum Gasteiger partial charge on any atom is 0.227 e. The SMILES string of the molecule is CN(C(=O)C(CNCc1ccnn1C)C1CCOCC1)C1CCCC1. The van der Waals surface area contributed by atoms with E-state index in [4.69, 9.17) is 4.74 Å². The number of aryl methyl sites for hydroxylation is 1. The summed E-state index contributed by atoms with van der Waals surface area (Å²) in [5, 5.41) is 7.71. The van der Waals surface area contributed by atoms with Crippen molar-refractivity contribution in [2.24, 2.45) is 18.9 Å². The normalized spacial score (nSPS) is 20.7. The number of nitrogens with zero attached hydrogens (tertiary/aromatic N) is 3. The highest BCUT2D eigenvalue weighted by Crippen LogP contribution is 2.29. The Morgan fingerprint density at radius 1 is 1.36 bits per heavy atom. The Hall–Kier alpha value is -1.40. The summed E-state index contributed by atoms with van der Waals surface area (Å²) in [6.07, 6.45) is 8.61. The molecule has 140 valence electrons. The monoisotopic (exact) mass is 348 g/mol. The fourth-order valence-electron chi connectivity index (χ4n) is 4.24. The molecule has 1 aliphatic carbocycles. The zero-order chi connectivity index (χ0) is 17.6. The van der Waals surface area contributed by atoms with Gasteiger partial charge in [0.15, 0.2) is 0 Å². The van der Waals surface area contributed by atoms with Crippen molar-refractivity contribution >= 4 is 5.91 Å². The van der Waals surface area contributed by atoms with Crippen molar-refractivity contribution in [1.29, 1.82) is 0 Å². The number of amides is 1. The maximum absolute atomic E-state index is 13.2. The van der Waals surface area contributed by atoms with Gasteiger partial charge in [-0.05, 0) is 37.7 Å². The summed E-state index contributed by atoms with van der Waals surface area (Å²) in [6, 6.07) is 2.45. The summed E-state index contributed by atoms with van der Waals surface area (Å²) < 4.78 is 7.39. The van der Waals surface area contributed by atoms with Gasteiger partial charge in [-0.2, -0.15) is 5.10 Å². The molecule has 1 unspecified atom stereocenters. The Bertz CT molecular complexity index is 547. The second kappa shape index (κ2) is 8.81. The van der Waals surface area contributed by atoms with Crippen molar-refractivity contribution in [2.45, 2.75) is 51.1 Å². The molecule has 1 saturated carbocycles. The van der Waals surface area contributed by atoms with Crippen molar-refractivity contribution in [3.05, 3.63) is 18.0 Å². The number of nitrogens with one attached hydrogen (secondary N) is 1. The van der Waals surface area contributed by atoms with E-state index in [1.165, 1.54) is 12.8 Å². The molecule has 6 nitrogen and oxygen atoms in total. The largest absolute Gasteiger partial charge is 0.381 e. The van der Waals surface area contributed by atoms with Crippen LogP contribution in [0.1, 0.15) is 44.2 Å². The lowest BCUT2D eigenvalue weighted by molar-refractivity contribution is -0.139. The first-order chi connectivity index (χ1) is 12.2. The second-order valence-electron chi connectivity index (χ2n) is 7.52. The standard InChI is InChI=1S/C19H32N4O2/c1-22(16-5-3-4-6-16)19(24)18(15-8-11-25-12-9-15)14-20-13-17-7-10-21-23(17)2/h7,10,15-16,18,20H,3-6,8-9,11-14H2,1-2H3. The van der Waals surface area contributed by atoms with E-state index in [-0.39, 0.29) is 5.92 Å². The lowest BCUT2D eigenvalue weighted by atomic mass is 9.84. The van der Waals surface area contributed by atoms with Gasteiger partial charge in [-0.25, -0.2) is 0 Å². The first kappa shape index (κ1) is 18.4. The molecule has 1 saturated heterocycles. The van der Waals surface area contributed by atoms with E-state index in [1.54, 1.807) is 0 Å². The van der Waals surface area contributed by atoms with E-state index in [0.717, 1.165) is 57.7 Å². The van der Waals surface area contributed by atoms with Crippen molar-refractivity contribution in [3.63, 3.8) is 0 Å². The molecule has 0 aromatic carbocycles. The Morgan fingerprint density at radius 3 is 2.72 bits per heavy atom. The number of hydrogen-bond donors (Lipinski definition) is 1. The minimum atomic E-state index is 0.0442. The number of carbonyl (C=O) groups is 1. The molecular formula is C19H32N4O2. The predicted octanol–water partition coefficient (Wildman–Crippen LogP) is 1.95. The molecule has 2 aliphatic rings. The van der Waals surface area contributed by atoms with E-state index < -0.39 is 0 Å². The number of aromatic nitrogens is 2. The number of rotatable bonds is 7. The molecule has 0 bridgehead atoms. The van der Waals surface area contributed by atoms with E-state index in [9.17, 15) is 4.79 Å². The Labute approximate surface area is 150 Å². The van der Waals surface area contributed by atoms with Gasteiger partial charge in [-0.15, -0.1) is 0 Å². The minimum absolute atomic E-state index is 0.0442. The molecule has 0 radical (unpaired) electrons. The van der Waals surface area contributed by atoms with Gasteiger partial charge in [0.25, 0.3) is 0 Å². The van der Waals surface area contributed by atoms with Gasteiger partial charge in [0, 0.05) is 52.6 Å². The Kier molecular flexibility index (Phi) is 6.48. The van der Waals surface area contributed by atoms with Crippen LogP contribution in [0.5, 0.6) is 0 Å². The molecule has 1 amide bonds.